The van der Waals surface area contributed by atoms with E-state index >= 15 is 0 Å². The molecule has 8 nitrogen and oxygen atoms in total. The summed E-state index contributed by atoms with van der Waals surface area (Å²) in [5.41, 5.74) is 3.36. The van der Waals surface area contributed by atoms with Crippen LogP contribution in [0.1, 0.15) is 30.5 Å². The van der Waals surface area contributed by atoms with Crippen LogP contribution in [-0.4, -0.2) is 60.1 Å². The maximum absolute atomic E-state index is 12.4. The number of amides is 1. The monoisotopic (exact) mass is 496 g/mol. The number of anilines is 2. The summed E-state index contributed by atoms with van der Waals surface area (Å²) in [5, 5.41) is 11.8. The molecular weight excluding hydrogens is 464 g/mol. The van der Waals surface area contributed by atoms with Gasteiger partial charge in [0.05, 0.1) is 31.8 Å². The summed E-state index contributed by atoms with van der Waals surface area (Å²) in [4.78, 5) is 28.5. The van der Waals surface area contributed by atoms with E-state index in [9.17, 15) is 10.1 Å². The molecule has 0 radical (unpaired) electrons. The number of aromatic nitrogens is 2. The first kappa shape index (κ1) is 24.6. The second-order valence-corrected chi connectivity index (χ2v) is 9.51. The minimum atomic E-state index is -0.139. The fourth-order valence-corrected chi connectivity index (χ4v) is 5.55. The Bertz CT molecular complexity index is 1340. The van der Waals surface area contributed by atoms with Gasteiger partial charge in [0.2, 0.25) is 5.91 Å². The Labute approximate surface area is 217 Å². The van der Waals surface area contributed by atoms with Gasteiger partial charge in [-0.05, 0) is 36.8 Å². The van der Waals surface area contributed by atoms with Gasteiger partial charge in [-0.2, -0.15) is 15.2 Å². The molecule has 2 aromatic carbocycles. The molecule has 1 saturated heterocycles. The van der Waals surface area contributed by atoms with Crippen LogP contribution in [0.25, 0.3) is 10.8 Å². The quantitative estimate of drug-likeness (QED) is 0.492. The third-order valence-corrected chi connectivity index (χ3v) is 7.40. The van der Waals surface area contributed by atoms with E-state index in [4.69, 9.17) is 14.7 Å². The Balaban J connectivity index is 1.44. The Morgan fingerprint density at radius 2 is 1.97 bits per heavy atom. The molecule has 1 unspecified atom stereocenters. The van der Waals surface area contributed by atoms with Gasteiger partial charge in [-0.1, -0.05) is 43.0 Å². The molecule has 0 N–H and O–H groups in total. The zero-order valence-electron chi connectivity index (χ0n) is 21.3. The predicted octanol–water partition coefficient (Wildman–Crippen LogP) is 4.10. The smallest absolute Gasteiger partial charge is 0.318 e. The topological polar surface area (TPSA) is 85.6 Å². The second-order valence-electron chi connectivity index (χ2n) is 9.51. The number of benzene rings is 2. The number of carbonyl (C=O) groups excluding carboxylic acids is 1. The number of carbonyl (C=O) groups is 1. The fourth-order valence-electron chi connectivity index (χ4n) is 5.55. The van der Waals surface area contributed by atoms with Crippen LogP contribution in [0.15, 0.2) is 55.1 Å². The Morgan fingerprint density at radius 3 is 2.78 bits per heavy atom. The van der Waals surface area contributed by atoms with Gasteiger partial charge >= 0.3 is 6.01 Å². The summed E-state index contributed by atoms with van der Waals surface area (Å²) in [6, 6.07) is 17.4. The van der Waals surface area contributed by atoms with Crippen LogP contribution in [-0.2, 0) is 17.8 Å². The van der Waals surface area contributed by atoms with Gasteiger partial charge in [0, 0.05) is 48.9 Å². The zero-order chi connectivity index (χ0) is 25.8. The van der Waals surface area contributed by atoms with Gasteiger partial charge in [0.25, 0.3) is 0 Å². The van der Waals surface area contributed by atoms with Crippen LogP contribution in [0.3, 0.4) is 0 Å². The van der Waals surface area contributed by atoms with E-state index in [0.29, 0.717) is 38.5 Å². The molecule has 5 rings (SSSR count). The number of rotatable bonds is 5. The van der Waals surface area contributed by atoms with E-state index in [2.05, 4.69) is 64.9 Å². The van der Waals surface area contributed by atoms with Crippen LogP contribution in [0, 0.1) is 11.3 Å². The summed E-state index contributed by atoms with van der Waals surface area (Å²) < 4.78 is 5.53. The molecule has 0 bridgehead atoms. The first-order valence-electron chi connectivity index (χ1n) is 12.8. The van der Waals surface area contributed by atoms with Crippen molar-refractivity contribution >= 4 is 28.2 Å². The van der Waals surface area contributed by atoms with Crippen molar-refractivity contribution < 1.29 is 9.53 Å². The van der Waals surface area contributed by atoms with E-state index in [0.717, 1.165) is 43.0 Å². The molecule has 3 heterocycles. The highest BCUT2D eigenvalue weighted by Gasteiger charge is 2.29. The molecule has 0 saturated carbocycles. The molecule has 0 aliphatic carbocycles. The third kappa shape index (κ3) is 4.94. The highest BCUT2D eigenvalue weighted by atomic mass is 16.5. The molecule has 1 atom stereocenters. The second kappa shape index (κ2) is 10.9. The molecule has 2 aliphatic heterocycles. The number of ether oxygens (including phenoxy) is 1. The largest absolute Gasteiger partial charge is 0.467 e. The molecule has 2 aliphatic rings. The van der Waals surface area contributed by atoms with Crippen molar-refractivity contribution in [3.63, 3.8) is 0 Å². The van der Waals surface area contributed by atoms with Crippen LogP contribution >= 0.6 is 0 Å². The van der Waals surface area contributed by atoms with Gasteiger partial charge in [-0.25, -0.2) is 0 Å². The molecule has 0 spiro atoms. The lowest BCUT2D eigenvalue weighted by molar-refractivity contribution is -0.128. The van der Waals surface area contributed by atoms with Crippen molar-refractivity contribution in [2.75, 3.05) is 43.1 Å². The van der Waals surface area contributed by atoms with E-state index < -0.39 is 0 Å². The lowest BCUT2D eigenvalue weighted by atomic mass is 10.0. The van der Waals surface area contributed by atoms with E-state index in [1.807, 2.05) is 0 Å². The molecule has 37 heavy (non-hydrogen) atoms. The van der Waals surface area contributed by atoms with Crippen LogP contribution < -0.4 is 14.5 Å². The number of methoxy groups -OCH3 is 1. The average Bonchev–Trinajstić information content (AvgIpc) is 2.93. The lowest BCUT2D eigenvalue weighted by Crippen LogP contribution is -2.46. The minimum absolute atomic E-state index is 0.108. The molecule has 1 aromatic heterocycles. The molecule has 1 amide bonds. The van der Waals surface area contributed by atoms with Crippen LogP contribution in [0.4, 0.5) is 11.5 Å². The Kier molecular flexibility index (Phi) is 7.22. The summed E-state index contributed by atoms with van der Waals surface area (Å²) in [6.45, 7) is 7.25. The Morgan fingerprint density at radius 1 is 1.14 bits per heavy atom. The molecular formula is C29H32N6O2. The van der Waals surface area contributed by atoms with Crippen molar-refractivity contribution in [3.8, 4) is 12.1 Å². The minimum Gasteiger partial charge on any atom is -0.467 e. The standard InChI is InChI=1S/C29H32N6O2/c1-3-27(36)35-17-7-16-33(18-13-22(35)12-15-30)28-24-14-19-34(20-25(24)31-29(32-28)37-2)26-11-6-9-21-8-4-5-10-23(21)26/h3-6,8-11,22H,1,7,12-14,16-20H2,2H3. The number of hydrogen-bond acceptors (Lipinski definition) is 7. The lowest BCUT2D eigenvalue weighted by Gasteiger charge is -2.38. The van der Waals surface area contributed by atoms with E-state index in [1.165, 1.54) is 22.5 Å². The molecule has 8 heteroatoms. The van der Waals surface area contributed by atoms with Crippen molar-refractivity contribution in [2.24, 2.45) is 0 Å². The normalized spacial score (nSPS) is 17.9. The number of hydrogen-bond donors (Lipinski definition) is 0. The zero-order valence-corrected chi connectivity index (χ0v) is 21.3. The van der Waals surface area contributed by atoms with E-state index in [-0.39, 0.29) is 11.9 Å². The van der Waals surface area contributed by atoms with Gasteiger partial charge in [-0.3, -0.25) is 4.79 Å². The van der Waals surface area contributed by atoms with Crippen LogP contribution in [0.2, 0.25) is 0 Å². The van der Waals surface area contributed by atoms with Gasteiger partial charge in [-0.15, -0.1) is 0 Å². The molecule has 3 aromatic rings. The highest BCUT2D eigenvalue weighted by molar-refractivity contribution is 5.94. The van der Waals surface area contributed by atoms with Crippen LogP contribution in [0.5, 0.6) is 6.01 Å². The first-order chi connectivity index (χ1) is 18.1. The van der Waals surface area contributed by atoms with Crippen molar-refractivity contribution in [3.05, 3.63) is 66.4 Å². The Hall–Kier alpha value is -4.12. The summed E-state index contributed by atoms with van der Waals surface area (Å²) in [6.07, 6.45) is 3.95. The summed E-state index contributed by atoms with van der Waals surface area (Å²) >= 11 is 0. The van der Waals surface area contributed by atoms with Gasteiger partial charge < -0.3 is 19.4 Å². The van der Waals surface area contributed by atoms with E-state index in [1.54, 1.807) is 12.0 Å². The highest BCUT2D eigenvalue weighted by Crippen LogP contribution is 2.34. The van der Waals surface area contributed by atoms with Gasteiger partial charge in [0.1, 0.15) is 5.82 Å². The first-order valence-corrected chi connectivity index (χ1v) is 12.8. The number of fused-ring (bicyclic) bond motifs is 2. The maximum atomic E-state index is 12.4. The van der Waals surface area contributed by atoms with Crippen molar-refractivity contribution in [2.45, 2.75) is 38.3 Å². The maximum Gasteiger partial charge on any atom is 0.318 e. The predicted molar refractivity (Wildman–Crippen MR) is 145 cm³/mol. The molecule has 1 fully saturated rings. The third-order valence-electron chi connectivity index (χ3n) is 7.40. The van der Waals surface area contributed by atoms with Gasteiger partial charge in [0.15, 0.2) is 0 Å². The van der Waals surface area contributed by atoms with Crippen molar-refractivity contribution in [1.82, 2.24) is 14.9 Å². The van der Waals surface area contributed by atoms with Crippen molar-refractivity contribution in [1.29, 1.82) is 5.26 Å². The fraction of sp³-hybridized carbons (Fsp3) is 0.379. The number of nitrogens with zero attached hydrogens (tertiary/aromatic N) is 6. The summed E-state index contributed by atoms with van der Waals surface area (Å²) in [7, 11) is 1.60. The summed E-state index contributed by atoms with van der Waals surface area (Å²) in [5.74, 6) is 0.807. The number of nitriles is 1. The molecule has 190 valence electrons. The average molecular weight is 497 g/mol. The SMILES string of the molecule is C=CC(=O)N1CCCN(c2nc(OC)nc3c2CCN(c2cccc4ccccc24)C3)CCC1CC#N.